The number of rotatable bonds is 5. The van der Waals surface area contributed by atoms with Gasteiger partial charge in [0, 0.05) is 18.1 Å². The highest BCUT2D eigenvalue weighted by Crippen LogP contribution is 2.27. The van der Waals surface area contributed by atoms with Gasteiger partial charge in [-0.25, -0.2) is 0 Å². The molecule has 0 atom stereocenters. The quantitative estimate of drug-likeness (QED) is 0.827. The van der Waals surface area contributed by atoms with Gasteiger partial charge in [-0.2, -0.15) is 0 Å². The minimum atomic E-state index is -0.180. The van der Waals surface area contributed by atoms with Crippen molar-refractivity contribution in [2.75, 3.05) is 48.4 Å². The Hall–Kier alpha value is -1.95. The number of ether oxygens (including phenoxy) is 1. The molecule has 0 aliphatic carbocycles. The Morgan fingerprint density at radius 1 is 1.08 bits per heavy atom. The van der Waals surface area contributed by atoms with Crippen LogP contribution in [-0.4, -0.2) is 38.8 Å². The predicted octanol–water partition coefficient (Wildman–Crippen LogP) is 3.88. The molecule has 1 saturated heterocycles. The number of hydrogen-bond donors (Lipinski definition) is 2. The van der Waals surface area contributed by atoms with Crippen LogP contribution in [0, 0.1) is 0 Å². The standard InChI is InChI=1S/C18H19Cl2N3O2/c19-13-5-6-15(14(20)11-13)22-18(24)12-21-16-3-1-2-4-17(16)23-7-9-25-10-8-23/h1-6,11,21H,7-10,12H2,(H,22,24). The molecule has 1 heterocycles. The lowest BCUT2D eigenvalue weighted by Gasteiger charge is -2.30. The number of nitrogens with zero attached hydrogens (tertiary/aromatic N) is 1. The van der Waals surface area contributed by atoms with Gasteiger partial charge in [-0.1, -0.05) is 35.3 Å². The van der Waals surface area contributed by atoms with Crippen molar-refractivity contribution in [3.05, 3.63) is 52.5 Å². The van der Waals surface area contributed by atoms with Crippen molar-refractivity contribution in [3.63, 3.8) is 0 Å². The maximum Gasteiger partial charge on any atom is 0.243 e. The van der Waals surface area contributed by atoms with Gasteiger partial charge in [0.2, 0.25) is 5.91 Å². The average molecular weight is 380 g/mol. The summed E-state index contributed by atoms with van der Waals surface area (Å²) in [6.45, 7) is 3.24. The fraction of sp³-hybridized carbons (Fsp3) is 0.278. The number of para-hydroxylation sites is 2. The van der Waals surface area contributed by atoms with Crippen LogP contribution in [-0.2, 0) is 9.53 Å². The molecule has 2 aromatic carbocycles. The van der Waals surface area contributed by atoms with Gasteiger partial charge >= 0.3 is 0 Å². The predicted molar refractivity (Wildman–Crippen MR) is 103 cm³/mol. The van der Waals surface area contributed by atoms with E-state index in [1.54, 1.807) is 18.2 Å². The van der Waals surface area contributed by atoms with E-state index in [1.165, 1.54) is 0 Å². The second kappa shape index (κ2) is 8.43. The summed E-state index contributed by atoms with van der Waals surface area (Å²) in [4.78, 5) is 14.5. The van der Waals surface area contributed by atoms with Gasteiger partial charge in [0.25, 0.3) is 0 Å². The summed E-state index contributed by atoms with van der Waals surface area (Å²) in [5.74, 6) is -0.180. The molecule has 0 radical (unpaired) electrons. The van der Waals surface area contributed by atoms with Crippen molar-refractivity contribution < 1.29 is 9.53 Å². The van der Waals surface area contributed by atoms with Crippen molar-refractivity contribution in [2.45, 2.75) is 0 Å². The van der Waals surface area contributed by atoms with E-state index in [2.05, 4.69) is 15.5 Å². The lowest BCUT2D eigenvalue weighted by atomic mass is 10.2. The third-order valence-electron chi connectivity index (χ3n) is 3.90. The first-order chi connectivity index (χ1) is 12.1. The molecule has 5 nitrogen and oxygen atoms in total. The van der Waals surface area contributed by atoms with Crippen molar-refractivity contribution >= 4 is 46.2 Å². The van der Waals surface area contributed by atoms with Crippen molar-refractivity contribution in [1.29, 1.82) is 0 Å². The second-order valence-corrected chi connectivity index (χ2v) is 6.49. The number of halogens is 2. The van der Waals surface area contributed by atoms with E-state index in [4.69, 9.17) is 27.9 Å². The SMILES string of the molecule is O=C(CNc1ccccc1N1CCOCC1)Nc1ccc(Cl)cc1Cl. The Morgan fingerprint density at radius 2 is 1.84 bits per heavy atom. The third kappa shape index (κ3) is 4.78. The third-order valence-corrected chi connectivity index (χ3v) is 4.45. The normalized spacial score (nSPS) is 14.2. The molecule has 132 valence electrons. The van der Waals surface area contributed by atoms with Gasteiger partial charge in [-0.15, -0.1) is 0 Å². The van der Waals surface area contributed by atoms with Gasteiger partial charge < -0.3 is 20.3 Å². The van der Waals surface area contributed by atoms with Gasteiger partial charge in [0.1, 0.15) is 0 Å². The molecular weight excluding hydrogens is 361 g/mol. The van der Waals surface area contributed by atoms with Gasteiger partial charge in [0.05, 0.1) is 41.8 Å². The first kappa shape index (κ1) is 17.9. The van der Waals surface area contributed by atoms with Crippen LogP contribution in [0.4, 0.5) is 17.1 Å². The molecule has 3 rings (SSSR count). The minimum absolute atomic E-state index is 0.139. The van der Waals surface area contributed by atoms with Gasteiger partial charge in [0.15, 0.2) is 0 Å². The van der Waals surface area contributed by atoms with Gasteiger partial charge in [-0.3, -0.25) is 4.79 Å². The first-order valence-electron chi connectivity index (χ1n) is 8.04. The zero-order chi connectivity index (χ0) is 17.6. The molecule has 25 heavy (non-hydrogen) atoms. The molecule has 2 N–H and O–H groups in total. The number of anilines is 3. The molecule has 1 fully saturated rings. The van der Waals surface area contributed by atoms with Crippen molar-refractivity contribution in [1.82, 2.24) is 0 Å². The van der Waals surface area contributed by atoms with Crippen LogP contribution in [0.2, 0.25) is 10.0 Å². The Bertz CT molecular complexity index is 749. The maximum absolute atomic E-state index is 12.2. The topological polar surface area (TPSA) is 53.6 Å². The van der Waals surface area contributed by atoms with Crippen LogP contribution in [0.15, 0.2) is 42.5 Å². The number of amides is 1. The summed E-state index contributed by atoms with van der Waals surface area (Å²) in [6, 6.07) is 12.9. The fourth-order valence-electron chi connectivity index (χ4n) is 2.66. The molecular formula is C18H19Cl2N3O2. The van der Waals surface area contributed by atoms with Crippen LogP contribution < -0.4 is 15.5 Å². The fourth-order valence-corrected chi connectivity index (χ4v) is 3.12. The molecule has 1 aliphatic rings. The summed E-state index contributed by atoms with van der Waals surface area (Å²) in [6.07, 6.45) is 0. The first-order valence-corrected chi connectivity index (χ1v) is 8.79. The van der Waals surface area contributed by atoms with E-state index in [0.717, 1.165) is 24.5 Å². The second-order valence-electron chi connectivity index (χ2n) is 5.64. The lowest BCUT2D eigenvalue weighted by molar-refractivity contribution is -0.114. The smallest absolute Gasteiger partial charge is 0.243 e. The Balaban J connectivity index is 1.62. The van der Waals surface area contributed by atoms with E-state index in [9.17, 15) is 4.79 Å². The van der Waals surface area contributed by atoms with Crippen molar-refractivity contribution in [3.8, 4) is 0 Å². The summed E-state index contributed by atoms with van der Waals surface area (Å²) >= 11 is 11.9. The lowest BCUT2D eigenvalue weighted by Crippen LogP contribution is -2.36. The highest BCUT2D eigenvalue weighted by molar-refractivity contribution is 6.36. The van der Waals surface area contributed by atoms with Crippen LogP contribution in [0.25, 0.3) is 0 Å². The van der Waals surface area contributed by atoms with E-state index >= 15 is 0 Å². The molecule has 0 saturated carbocycles. The number of nitrogens with one attached hydrogen (secondary N) is 2. The number of benzene rings is 2. The zero-order valence-electron chi connectivity index (χ0n) is 13.6. The number of hydrogen-bond acceptors (Lipinski definition) is 4. The Labute approximate surface area is 156 Å². The van der Waals surface area contributed by atoms with Crippen molar-refractivity contribution in [2.24, 2.45) is 0 Å². The maximum atomic E-state index is 12.2. The molecule has 0 spiro atoms. The molecule has 1 aliphatic heterocycles. The number of carbonyl (C=O) groups is 1. The Morgan fingerprint density at radius 3 is 2.60 bits per heavy atom. The van der Waals surface area contributed by atoms with Crippen LogP contribution >= 0.6 is 23.2 Å². The summed E-state index contributed by atoms with van der Waals surface area (Å²) in [5, 5.41) is 6.92. The van der Waals surface area contributed by atoms with E-state index in [-0.39, 0.29) is 12.5 Å². The van der Waals surface area contributed by atoms with Crippen LogP contribution in [0.1, 0.15) is 0 Å². The van der Waals surface area contributed by atoms with E-state index < -0.39 is 0 Å². The Kier molecular flexibility index (Phi) is 6.02. The van der Waals surface area contributed by atoms with Crippen LogP contribution in [0.5, 0.6) is 0 Å². The largest absolute Gasteiger partial charge is 0.378 e. The number of morpholine rings is 1. The zero-order valence-corrected chi connectivity index (χ0v) is 15.1. The molecule has 0 bridgehead atoms. The molecule has 7 heteroatoms. The molecule has 1 amide bonds. The van der Waals surface area contributed by atoms with E-state index in [1.807, 2.05) is 24.3 Å². The minimum Gasteiger partial charge on any atom is -0.378 e. The molecule has 0 unspecified atom stereocenters. The monoisotopic (exact) mass is 379 g/mol. The van der Waals surface area contributed by atoms with Crippen LogP contribution in [0.3, 0.4) is 0 Å². The highest BCUT2D eigenvalue weighted by atomic mass is 35.5. The summed E-state index contributed by atoms with van der Waals surface area (Å²) in [5.41, 5.74) is 2.53. The number of carbonyl (C=O) groups excluding carboxylic acids is 1. The average Bonchev–Trinajstić information content (AvgIpc) is 2.63. The summed E-state index contributed by atoms with van der Waals surface area (Å²) < 4.78 is 5.40. The van der Waals surface area contributed by atoms with Gasteiger partial charge in [-0.05, 0) is 30.3 Å². The summed E-state index contributed by atoms with van der Waals surface area (Å²) in [7, 11) is 0. The van der Waals surface area contributed by atoms with E-state index in [0.29, 0.717) is 28.9 Å². The molecule has 2 aromatic rings. The highest BCUT2D eigenvalue weighted by Gasteiger charge is 2.15. The molecule has 0 aromatic heterocycles.